The Hall–Kier alpha value is -1.92. The highest BCUT2D eigenvalue weighted by Gasteiger charge is 2.27. The van der Waals surface area contributed by atoms with Crippen LogP contribution in [0, 0.1) is 0 Å². The summed E-state index contributed by atoms with van der Waals surface area (Å²) in [5.41, 5.74) is 2.22. The molecule has 0 radical (unpaired) electrons. The lowest BCUT2D eigenvalue weighted by molar-refractivity contribution is -0.139. The number of aryl methyl sites for hydroxylation is 1. The first-order valence-electron chi connectivity index (χ1n) is 10.1. The van der Waals surface area contributed by atoms with E-state index in [0.717, 1.165) is 56.7 Å². The number of hydrogen-bond donors (Lipinski definition) is 0. The van der Waals surface area contributed by atoms with E-state index in [4.69, 9.17) is 14.5 Å². The second kappa shape index (κ2) is 8.40. The number of carbonyl (C=O) groups excluding carboxylic acids is 1. The molecular formula is C21H29N3O3. The fourth-order valence-corrected chi connectivity index (χ4v) is 4.22. The van der Waals surface area contributed by atoms with Gasteiger partial charge in [0.1, 0.15) is 12.4 Å². The molecule has 6 heteroatoms. The number of aromatic nitrogens is 2. The molecule has 1 atom stereocenters. The number of benzene rings is 1. The average molecular weight is 371 g/mol. The van der Waals surface area contributed by atoms with Gasteiger partial charge in [0.15, 0.2) is 0 Å². The van der Waals surface area contributed by atoms with Crippen LogP contribution in [0.2, 0.25) is 0 Å². The molecule has 146 valence electrons. The van der Waals surface area contributed by atoms with Crippen LogP contribution >= 0.6 is 0 Å². The Bertz CT molecular complexity index is 774. The molecule has 0 bridgehead atoms. The smallest absolute Gasteiger partial charge is 0.248 e. The number of hydrogen-bond acceptors (Lipinski definition) is 4. The van der Waals surface area contributed by atoms with Crippen molar-refractivity contribution < 1.29 is 14.3 Å². The number of rotatable bonds is 5. The maximum Gasteiger partial charge on any atom is 0.248 e. The Morgan fingerprint density at radius 1 is 1.22 bits per heavy atom. The zero-order valence-electron chi connectivity index (χ0n) is 16.1. The summed E-state index contributed by atoms with van der Waals surface area (Å²) in [5, 5.41) is 0. The molecule has 6 nitrogen and oxygen atoms in total. The summed E-state index contributed by atoms with van der Waals surface area (Å²) >= 11 is 0. The average Bonchev–Trinajstić information content (AvgIpc) is 3.06. The third-order valence-corrected chi connectivity index (χ3v) is 5.84. The predicted octanol–water partition coefficient (Wildman–Crippen LogP) is 2.87. The van der Waals surface area contributed by atoms with Gasteiger partial charge in [0.2, 0.25) is 5.91 Å². The van der Waals surface area contributed by atoms with Crippen molar-refractivity contribution in [2.75, 3.05) is 32.9 Å². The van der Waals surface area contributed by atoms with Crippen molar-refractivity contribution in [1.82, 2.24) is 14.5 Å². The van der Waals surface area contributed by atoms with Crippen LogP contribution in [0.4, 0.5) is 0 Å². The molecule has 1 amide bonds. The number of imidazole rings is 1. The molecule has 1 aromatic heterocycles. The monoisotopic (exact) mass is 371 g/mol. The molecule has 0 N–H and O–H groups in total. The van der Waals surface area contributed by atoms with Crippen LogP contribution in [-0.4, -0.2) is 59.4 Å². The van der Waals surface area contributed by atoms with E-state index in [-0.39, 0.29) is 18.6 Å². The first-order chi connectivity index (χ1) is 13.2. The first-order valence-corrected chi connectivity index (χ1v) is 10.1. The fraction of sp³-hybridized carbons (Fsp3) is 0.619. The second-order valence-corrected chi connectivity index (χ2v) is 7.68. The van der Waals surface area contributed by atoms with Gasteiger partial charge in [0, 0.05) is 32.7 Å². The molecule has 2 fully saturated rings. The number of fused-ring (bicyclic) bond motifs is 1. The summed E-state index contributed by atoms with van der Waals surface area (Å²) < 4.78 is 13.5. The SMILES string of the molecule is Cn1c(C2CCN(C(=O)COCC3CCCCO3)CC2)nc2ccccc21. The van der Waals surface area contributed by atoms with Gasteiger partial charge in [-0.25, -0.2) is 4.98 Å². The number of carbonyl (C=O) groups is 1. The Morgan fingerprint density at radius 2 is 2.04 bits per heavy atom. The van der Waals surface area contributed by atoms with Crippen molar-refractivity contribution >= 4 is 16.9 Å². The van der Waals surface area contributed by atoms with Crippen molar-refractivity contribution in [3.8, 4) is 0 Å². The molecule has 1 aromatic carbocycles. The third kappa shape index (κ3) is 4.17. The highest BCUT2D eigenvalue weighted by molar-refractivity contribution is 5.78. The number of nitrogens with zero attached hydrogens (tertiary/aromatic N) is 3. The summed E-state index contributed by atoms with van der Waals surface area (Å²) in [6.45, 7) is 3.06. The Kier molecular flexibility index (Phi) is 5.74. The summed E-state index contributed by atoms with van der Waals surface area (Å²) in [4.78, 5) is 19.2. The molecule has 2 saturated heterocycles. The summed E-state index contributed by atoms with van der Waals surface area (Å²) in [6, 6.07) is 8.24. The third-order valence-electron chi connectivity index (χ3n) is 5.84. The van der Waals surface area contributed by atoms with Crippen LogP contribution in [0.1, 0.15) is 43.8 Å². The van der Waals surface area contributed by atoms with E-state index in [1.807, 2.05) is 17.0 Å². The standard InChI is InChI=1S/C21H29N3O3/c1-23-19-8-3-2-7-18(19)22-21(23)16-9-11-24(12-10-16)20(25)15-26-14-17-6-4-5-13-27-17/h2-3,7-8,16-17H,4-6,9-15H2,1H3. The van der Waals surface area contributed by atoms with Gasteiger partial charge in [-0.1, -0.05) is 12.1 Å². The highest BCUT2D eigenvalue weighted by atomic mass is 16.5. The molecule has 0 saturated carbocycles. The van der Waals surface area contributed by atoms with Crippen LogP contribution in [0.15, 0.2) is 24.3 Å². The quantitative estimate of drug-likeness (QED) is 0.811. The Morgan fingerprint density at radius 3 is 2.78 bits per heavy atom. The molecule has 0 aliphatic carbocycles. The van der Waals surface area contributed by atoms with Crippen molar-refractivity contribution in [3.05, 3.63) is 30.1 Å². The minimum absolute atomic E-state index is 0.0919. The van der Waals surface area contributed by atoms with Crippen LogP contribution in [-0.2, 0) is 21.3 Å². The topological polar surface area (TPSA) is 56.6 Å². The minimum atomic E-state index is 0.0919. The van der Waals surface area contributed by atoms with E-state index >= 15 is 0 Å². The molecule has 4 rings (SSSR count). The van der Waals surface area contributed by atoms with Gasteiger partial charge >= 0.3 is 0 Å². The van der Waals surface area contributed by atoms with Gasteiger partial charge in [0.25, 0.3) is 0 Å². The maximum atomic E-state index is 12.4. The zero-order chi connectivity index (χ0) is 18.6. The van der Waals surface area contributed by atoms with Gasteiger partial charge in [0.05, 0.1) is 23.7 Å². The van der Waals surface area contributed by atoms with Crippen molar-refractivity contribution in [2.24, 2.45) is 7.05 Å². The maximum absolute atomic E-state index is 12.4. The number of piperidine rings is 1. The van der Waals surface area contributed by atoms with Gasteiger partial charge < -0.3 is 18.9 Å². The van der Waals surface area contributed by atoms with E-state index in [2.05, 4.69) is 23.7 Å². The highest BCUT2D eigenvalue weighted by Crippen LogP contribution is 2.29. The van der Waals surface area contributed by atoms with Gasteiger partial charge in [-0.15, -0.1) is 0 Å². The number of ether oxygens (including phenoxy) is 2. The Balaban J connectivity index is 1.26. The van der Waals surface area contributed by atoms with Crippen molar-refractivity contribution in [1.29, 1.82) is 0 Å². The molecule has 0 spiro atoms. The van der Waals surface area contributed by atoms with E-state index < -0.39 is 0 Å². The van der Waals surface area contributed by atoms with Crippen molar-refractivity contribution in [3.63, 3.8) is 0 Å². The van der Waals surface area contributed by atoms with E-state index in [1.165, 1.54) is 11.9 Å². The predicted molar refractivity (Wildman–Crippen MR) is 104 cm³/mol. The molecular weight excluding hydrogens is 342 g/mol. The Labute approximate surface area is 160 Å². The molecule has 2 aliphatic rings. The number of amides is 1. The lowest BCUT2D eigenvalue weighted by Gasteiger charge is -2.32. The minimum Gasteiger partial charge on any atom is -0.376 e. The van der Waals surface area contributed by atoms with Crippen LogP contribution in [0.5, 0.6) is 0 Å². The fourth-order valence-electron chi connectivity index (χ4n) is 4.22. The van der Waals surface area contributed by atoms with E-state index in [9.17, 15) is 4.79 Å². The van der Waals surface area contributed by atoms with Gasteiger partial charge in [-0.3, -0.25) is 4.79 Å². The number of para-hydroxylation sites is 2. The molecule has 2 aromatic rings. The van der Waals surface area contributed by atoms with Crippen LogP contribution < -0.4 is 0 Å². The van der Waals surface area contributed by atoms with Gasteiger partial charge in [-0.2, -0.15) is 0 Å². The normalized spacial score (nSPS) is 21.7. The zero-order valence-corrected chi connectivity index (χ0v) is 16.1. The van der Waals surface area contributed by atoms with Gasteiger partial charge in [-0.05, 0) is 44.2 Å². The van der Waals surface area contributed by atoms with E-state index in [1.54, 1.807) is 0 Å². The lowest BCUT2D eigenvalue weighted by atomic mass is 9.96. The molecule has 27 heavy (non-hydrogen) atoms. The lowest BCUT2D eigenvalue weighted by Crippen LogP contribution is -2.40. The van der Waals surface area contributed by atoms with E-state index in [0.29, 0.717) is 12.5 Å². The summed E-state index contributed by atoms with van der Waals surface area (Å²) in [7, 11) is 2.09. The summed E-state index contributed by atoms with van der Waals surface area (Å²) in [5.74, 6) is 1.63. The largest absolute Gasteiger partial charge is 0.376 e. The first kappa shape index (κ1) is 18.4. The van der Waals surface area contributed by atoms with Crippen molar-refractivity contribution in [2.45, 2.75) is 44.1 Å². The number of likely N-dealkylation sites (tertiary alicyclic amines) is 1. The summed E-state index contributed by atoms with van der Waals surface area (Å²) in [6.07, 6.45) is 5.43. The van der Waals surface area contributed by atoms with Crippen LogP contribution in [0.3, 0.4) is 0 Å². The second-order valence-electron chi connectivity index (χ2n) is 7.68. The molecule has 3 heterocycles. The van der Waals surface area contributed by atoms with Crippen LogP contribution in [0.25, 0.3) is 11.0 Å². The molecule has 1 unspecified atom stereocenters. The molecule has 2 aliphatic heterocycles.